The molecule has 0 spiro atoms. The highest BCUT2D eigenvalue weighted by atomic mass is 19.1. The summed E-state index contributed by atoms with van der Waals surface area (Å²) in [4.78, 5) is 3.88. The van der Waals surface area contributed by atoms with Gasteiger partial charge in [0.25, 0.3) is 0 Å². The molecule has 48 valence electrons. The van der Waals surface area contributed by atoms with E-state index in [2.05, 4.69) is 4.99 Å². The van der Waals surface area contributed by atoms with E-state index in [4.69, 9.17) is 0 Å². The van der Waals surface area contributed by atoms with E-state index >= 15 is 0 Å². The van der Waals surface area contributed by atoms with Crippen molar-refractivity contribution in [3.05, 3.63) is 24.4 Å². The lowest BCUT2D eigenvalue weighted by Crippen LogP contribution is -1.86. The van der Waals surface area contributed by atoms with Crippen LogP contribution in [0.15, 0.2) is 29.4 Å². The summed E-state index contributed by atoms with van der Waals surface area (Å²) >= 11 is 0. The highest BCUT2D eigenvalue weighted by Gasteiger charge is 1.95. The maximum absolute atomic E-state index is 12.4. The highest BCUT2D eigenvalue weighted by Crippen LogP contribution is 2.00. The van der Waals surface area contributed by atoms with Crippen molar-refractivity contribution in [1.82, 2.24) is 0 Å². The molecular formula is C7H8FN. The summed E-state index contributed by atoms with van der Waals surface area (Å²) in [6, 6.07) is 0. The fraction of sp³-hybridized carbons (Fsp3) is 0.286. The average Bonchev–Trinajstić information content (AvgIpc) is 1.97. The van der Waals surface area contributed by atoms with Crippen LogP contribution in [0.25, 0.3) is 0 Å². The lowest BCUT2D eigenvalue weighted by molar-refractivity contribution is 0.469. The summed E-state index contributed by atoms with van der Waals surface area (Å²) in [5, 5.41) is 0. The molecule has 0 saturated heterocycles. The van der Waals surface area contributed by atoms with Crippen molar-refractivity contribution >= 4 is 5.71 Å². The van der Waals surface area contributed by atoms with Gasteiger partial charge in [-0.1, -0.05) is 0 Å². The Bertz CT molecular complexity index is 179. The van der Waals surface area contributed by atoms with Crippen LogP contribution < -0.4 is 0 Å². The van der Waals surface area contributed by atoms with E-state index in [-0.39, 0.29) is 0 Å². The fourth-order valence-electron chi connectivity index (χ4n) is 0.581. The third-order valence-electron chi connectivity index (χ3n) is 1.07. The maximum Gasteiger partial charge on any atom is 0.139 e. The molecular weight excluding hydrogens is 117 g/mol. The standard InChI is InChI=1S/C7H8FN/c1-6-2-3-7(8)4-5-9-6/h2-5,7H,1H3. The highest BCUT2D eigenvalue weighted by molar-refractivity contribution is 5.93. The maximum atomic E-state index is 12.4. The Morgan fingerprint density at radius 2 is 2.33 bits per heavy atom. The van der Waals surface area contributed by atoms with Crippen LogP contribution in [-0.2, 0) is 0 Å². The molecule has 1 nitrogen and oxygen atoms in total. The Morgan fingerprint density at radius 1 is 1.56 bits per heavy atom. The Kier molecular flexibility index (Phi) is 1.78. The number of rotatable bonds is 0. The van der Waals surface area contributed by atoms with Crippen LogP contribution in [-0.4, -0.2) is 11.9 Å². The van der Waals surface area contributed by atoms with E-state index in [0.717, 1.165) is 5.71 Å². The molecule has 0 aromatic carbocycles. The summed E-state index contributed by atoms with van der Waals surface area (Å²) in [6.45, 7) is 1.83. The van der Waals surface area contributed by atoms with Crippen molar-refractivity contribution in [1.29, 1.82) is 0 Å². The lowest BCUT2D eigenvalue weighted by atomic mass is 10.3. The smallest absolute Gasteiger partial charge is 0.139 e. The van der Waals surface area contributed by atoms with Crippen LogP contribution in [0.2, 0.25) is 0 Å². The van der Waals surface area contributed by atoms with Gasteiger partial charge in [0.2, 0.25) is 0 Å². The molecule has 1 atom stereocenters. The van der Waals surface area contributed by atoms with Crippen LogP contribution in [0.5, 0.6) is 0 Å². The van der Waals surface area contributed by atoms with Crippen molar-refractivity contribution in [2.75, 3.05) is 0 Å². The van der Waals surface area contributed by atoms with Gasteiger partial charge >= 0.3 is 0 Å². The van der Waals surface area contributed by atoms with Gasteiger partial charge in [-0.25, -0.2) is 4.39 Å². The van der Waals surface area contributed by atoms with Crippen molar-refractivity contribution in [2.24, 2.45) is 4.99 Å². The number of hydrogen-bond acceptors (Lipinski definition) is 1. The molecule has 2 heteroatoms. The Morgan fingerprint density at radius 3 is 3.11 bits per heavy atom. The molecule has 0 radical (unpaired) electrons. The Labute approximate surface area is 53.6 Å². The Balaban J connectivity index is 2.75. The van der Waals surface area contributed by atoms with Gasteiger partial charge < -0.3 is 0 Å². The number of hydrogen-bond donors (Lipinski definition) is 0. The van der Waals surface area contributed by atoms with Crippen LogP contribution in [0.3, 0.4) is 0 Å². The van der Waals surface area contributed by atoms with Gasteiger partial charge in [0, 0.05) is 11.9 Å². The monoisotopic (exact) mass is 125 g/mol. The summed E-state index contributed by atoms with van der Waals surface area (Å²) in [7, 11) is 0. The second-order valence-corrected chi connectivity index (χ2v) is 1.92. The average molecular weight is 125 g/mol. The number of aliphatic imine (C=N–C) groups is 1. The molecule has 0 aromatic rings. The number of alkyl halides is 1. The summed E-state index contributed by atoms with van der Waals surface area (Å²) < 4.78 is 12.4. The molecule has 9 heavy (non-hydrogen) atoms. The molecule has 0 bridgehead atoms. The predicted molar refractivity (Wildman–Crippen MR) is 36.3 cm³/mol. The minimum absolute atomic E-state index is 0.839. The van der Waals surface area contributed by atoms with Crippen molar-refractivity contribution in [3.63, 3.8) is 0 Å². The molecule has 0 aliphatic carbocycles. The van der Waals surface area contributed by atoms with Crippen LogP contribution in [0.4, 0.5) is 4.39 Å². The molecule has 0 fully saturated rings. The zero-order valence-electron chi connectivity index (χ0n) is 5.21. The summed E-state index contributed by atoms with van der Waals surface area (Å²) in [5.74, 6) is 0. The lowest BCUT2D eigenvalue weighted by Gasteiger charge is -1.86. The number of halogens is 1. The van der Waals surface area contributed by atoms with E-state index in [1.54, 1.807) is 6.08 Å². The normalized spacial score (nSPS) is 25.6. The van der Waals surface area contributed by atoms with Gasteiger partial charge in [-0.2, -0.15) is 0 Å². The van der Waals surface area contributed by atoms with E-state index in [0.29, 0.717) is 0 Å². The molecule has 1 aliphatic heterocycles. The zero-order valence-corrected chi connectivity index (χ0v) is 5.21. The third kappa shape index (κ3) is 1.80. The first-order valence-corrected chi connectivity index (χ1v) is 2.82. The third-order valence-corrected chi connectivity index (χ3v) is 1.07. The van der Waals surface area contributed by atoms with E-state index in [1.807, 2.05) is 6.92 Å². The second-order valence-electron chi connectivity index (χ2n) is 1.92. The SMILES string of the molecule is CC1=NC=CC(F)C=C1. The van der Waals surface area contributed by atoms with Crippen LogP contribution in [0.1, 0.15) is 6.92 Å². The minimum Gasteiger partial charge on any atom is -0.262 e. The van der Waals surface area contributed by atoms with E-state index < -0.39 is 6.17 Å². The van der Waals surface area contributed by atoms with E-state index in [1.165, 1.54) is 18.4 Å². The molecule has 0 N–H and O–H groups in total. The van der Waals surface area contributed by atoms with Crippen LogP contribution in [0, 0.1) is 0 Å². The molecule has 1 rings (SSSR count). The quantitative estimate of drug-likeness (QED) is 0.468. The fourth-order valence-corrected chi connectivity index (χ4v) is 0.581. The van der Waals surface area contributed by atoms with Gasteiger partial charge in [-0.15, -0.1) is 0 Å². The molecule has 1 heterocycles. The van der Waals surface area contributed by atoms with Crippen molar-refractivity contribution in [2.45, 2.75) is 13.1 Å². The molecule has 0 amide bonds. The first-order chi connectivity index (χ1) is 4.29. The molecule has 1 unspecified atom stereocenters. The summed E-state index contributed by atoms with van der Waals surface area (Å²) in [5.41, 5.74) is 0.839. The van der Waals surface area contributed by atoms with Gasteiger partial charge in [-0.3, -0.25) is 4.99 Å². The predicted octanol–water partition coefficient (Wildman–Crippen LogP) is 1.87. The first-order valence-electron chi connectivity index (χ1n) is 2.82. The van der Waals surface area contributed by atoms with Crippen LogP contribution >= 0.6 is 0 Å². The molecule has 0 saturated carbocycles. The van der Waals surface area contributed by atoms with Gasteiger partial charge in [0.15, 0.2) is 0 Å². The van der Waals surface area contributed by atoms with Gasteiger partial charge in [-0.05, 0) is 25.2 Å². The first kappa shape index (κ1) is 6.20. The van der Waals surface area contributed by atoms with Gasteiger partial charge in [0.1, 0.15) is 6.17 Å². The molecule has 0 aromatic heterocycles. The Hall–Kier alpha value is -0.920. The van der Waals surface area contributed by atoms with E-state index in [9.17, 15) is 4.39 Å². The van der Waals surface area contributed by atoms with Gasteiger partial charge in [0.05, 0.1) is 0 Å². The van der Waals surface area contributed by atoms with Crippen molar-refractivity contribution < 1.29 is 4.39 Å². The minimum atomic E-state index is -0.966. The largest absolute Gasteiger partial charge is 0.262 e. The zero-order chi connectivity index (χ0) is 6.69. The number of allylic oxidation sites excluding steroid dienone is 3. The topological polar surface area (TPSA) is 12.4 Å². The number of nitrogens with zero attached hydrogens (tertiary/aromatic N) is 1. The second kappa shape index (κ2) is 2.58. The molecule has 1 aliphatic rings. The summed E-state index contributed by atoms with van der Waals surface area (Å²) in [6.07, 6.45) is 5.08. The van der Waals surface area contributed by atoms with Crippen molar-refractivity contribution in [3.8, 4) is 0 Å².